The van der Waals surface area contributed by atoms with Crippen LogP contribution in [-0.4, -0.2) is 45.2 Å². The van der Waals surface area contributed by atoms with Gasteiger partial charge in [0.05, 0.1) is 23.4 Å². The van der Waals surface area contributed by atoms with Crippen molar-refractivity contribution in [1.29, 1.82) is 0 Å². The molecule has 33 heavy (non-hydrogen) atoms. The maximum atomic E-state index is 12.2. The van der Waals surface area contributed by atoms with Crippen molar-refractivity contribution in [1.82, 2.24) is 5.32 Å². The van der Waals surface area contributed by atoms with E-state index in [4.69, 9.17) is 4.74 Å². The van der Waals surface area contributed by atoms with Gasteiger partial charge in [-0.15, -0.1) is 0 Å². The first kappa shape index (κ1) is 24.0. The zero-order chi connectivity index (χ0) is 23.8. The fraction of sp³-hybridized carbons (Fsp3) is 0.261. The van der Waals surface area contributed by atoms with Crippen LogP contribution in [0.25, 0.3) is 10.8 Å². The fourth-order valence-electron chi connectivity index (χ4n) is 3.34. The van der Waals surface area contributed by atoms with Gasteiger partial charge in [-0.05, 0) is 35.4 Å². The van der Waals surface area contributed by atoms with Crippen LogP contribution in [0.2, 0.25) is 0 Å². The standard InChI is InChI=1S/C23H25N3O6S/c1-33(30,31)25(20-8-4-9-21(17-20)26(28)29)14-5-10-23(27)24-13-15-32-22-12-11-18-6-2-3-7-19(18)16-22/h2-4,6-9,11-12,16-17H,5,10,13-15H2,1H3,(H,24,27). The van der Waals surface area contributed by atoms with Crippen molar-refractivity contribution in [2.24, 2.45) is 0 Å². The Bertz CT molecular complexity index is 1250. The molecule has 0 saturated heterocycles. The lowest BCUT2D eigenvalue weighted by molar-refractivity contribution is -0.384. The van der Waals surface area contributed by atoms with Crippen LogP contribution >= 0.6 is 0 Å². The third kappa shape index (κ3) is 6.91. The molecule has 0 aliphatic heterocycles. The summed E-state index contributed by atoms with van der Waals surface area (Å²) in [7, 11) is -3.67. The highest BCUT2D eigenvalue weighted by Crippen LogP contribution is 2.23. The summed E-state index contributed by atoms with van der Waals surface area (Å²) in [6.45, 7) is 0.639. The molecule has 0 unspecified atom stereocenters. The van der Waals surface area contributed by atoms with Gasteiger partial charge in [0, 0.05) is 25.1 Å². The molecule has 3 aromatic carbocycles. The van der Waals surface area contributed by atoms with E-state index in [1.165, 1.54) is 24.3 Å². The van der Waals surface area contributed by atoms with Crippen LogP contribution < -0.4 is 14.4 Å². The van der Waals surface area contributed by atoms with Crippen LogP contribution in [-0.2, 0) is 14.8 Å². The average Bonchev–Trinajstić information content (AvgIpc) is 2.78. The van der Waals surface area contributed by atoms with Gasteiger partial charge >= 0.3 is 0 Å². The Kier molecular flexibility index (Phi) is 7.83. The minimum Gasteiger partial charge on any atom is -0.492 e. The monoisotopic (exact) mass is 471 g/mol. The molecule has 0 aromatic heterocycles. The summed E-state index contributed by atoms with van der Waals surface area (Å²) >= 11 is 0. The Morgan fingerprint density at radius 1 is 1.06 bits per heavy atom. The van der Waals surface area contributed by atoms with Crippen molar-refractivity contribution in [2.45, 2.75) is 12.8 Å². The number of non-ortho nitro benzene ring substituents is 1. The number of hydrogen-bond acceptors (Lipinski definition) is 6. The summed E-state index contributed by atoms with van der Waals surface area (Å²) in [6.07, 6.45) is 1.39. The minimum atomic E-state index is -3.67. The molecular weight excluding hydrogens is 446 g/mol. The van der Waals surface area contributed by atoms with Gasteiger partial charge in [-0.25, -0.2) is 8.42 Å². The Hall–Kier alpha value is -3.66. The van der Waals surface area contributed by atoms with Crippen molar-refractivity contribution in [3.63, 3.8) is 0 Å². The third-order valence-electron chi connectivity index (χ3n) is 4.91. The SMILES string of the molecule is CS(=O)(=O)N(CCCC(=O)NCCOc1ccc2ccccc2c1)c1cccc([N+](=O)[O-])c1. The normalized spacial score (nSPS) is 11.2. The molecule has 3 aromatic rings. The van der Waals surface area contributed by atoms with Crippen molar-refractivity contribution in [3.8, 4) is 5.75 Å². The van der Waals surface area contributed by atoms with E-state index in [9.17, 15) is 23.3 Å². The van der Waals surface area contributed by atoms with Crippen molar-refractivity contribution in [3.05, 3.63) is 76.8 Å². The highest BCUT2D eigenvalue weighted by molar-refractivity contribution is 7.92. The molecule has 174 valence electrons. The zero-order valence-electron chi connectivity index (χ0n) is 18.1. The first-order valence-corrected chi connectivity index (χ1v) is 12.2. The van der Waals surface area contributed by atoms with Crippen LogP contribution in [0.15, 0.2) is 66.7 Å². The molecule has 0 heterocycles. The Balaban J connectivity index is 1.45. The van der Waals surface area contributed by atoms with Gasteiger partial charge in [0.2, 0.25) is 15.9 Å². The summed E-state index contributed by atoms with van der Waals surface area (Å²) in [5, 5.41) is 15.9. The van der Waals surface area contributed by atoms with Gasteiger partial charge in [-0.3, -0.25) is 19.2 Å². The van der Waals surface area contributed by atoms with E-state index >= 15 is 0 Å². The first-order valence-electron chi connectivity index (χ1n) is 10.3. The Morgan fingerprint density at radius 2 is 1.82 bits per heavy atom. The van der Waals surface area contributed by atoms with Crippen LogP contribution in [0.3, 0.4) is 0 Å². The number of carbonyl (C=O) groups excluding carboxylic acids is 1. The molecule has 1 amide bonds. The summed E-state index contributed by atoms with van der Waals surface area (Å²) in [5.74, 6) is 0.480. The average molecular weight is 472 g/mol. The topological polar surface area (TPSA) is 119 Å². The molecule has 0 aliphatic carbocycles. The summed E-state index contributed by atoms with van der Waals surface area (Å²) in [5.41, 5.74) is -0.0128. The number of fused-ring (bicyclic) bond motifs is 1. The van der Waals surface area contributed by atoms with Crippen LogP contribution in [0.1, 0.15) is 12.8 Å². The second-order valence-electron chi connectivity index (χ2n) is 7.42. The predicted octanol–water partition coefficient (Wildman–Crippen LogP) is 3.49. The highest BCUT2D eigenvalue weighted by atomic mass is 32.2. The molecule has 3 rings (SSSR count). The van der Waals surface area contributed by atoms with E-state index in [2.05, 4.69) is 5.32 Å². The lowest BCUT2D eigenvalue weighted by Crippen LogP contribution is -2.33. The van der Waals surface area contributed by atoms with E-state index in [1.807, 2.05) is 42.5 Å². The van der Waals surface area contributed by atoms with E-state index in [1.54, 1.807) is 0 Å². The first-order chi connectivity index (χ1) is 15.7. The van der Waals surface area contributed by atoms with Crippen molar-refractivity contribution in [2.75, 3.05) is 30.3 Å². The summed E-state index contributed by atoms with van der Waals surface area (Å²) < 4.78 is 31.1. The number of nitrogens with zero attached hydrogens (tertiary/aromatic N) is 2. The number of nitro benzene ring substituents is 1. The summed E-state index contributed by atoms with van der Waals surface area (Å²) in [6, 6.07) is 19.1. The molecule has 0 aliphatic rings. The van der Waals surface area contributed by atoms with Gasteiger partial charge < -0.3 is 10.1 Å². The predicted molar refractivity (Wildman–Crippen MR) is 127 cm³/mol. The van der Waals surface area contributed by atoms with Gasteiger partial charge in [0.15, 0.2) is 0 Å². The molecule has 0 bridgehead atoms. The van der Waals surface area contributed by atoms with Crippen LogP contribution in [0.4, 0.5) is 11.4 Å². The second kappa shape index (κ2) is 10.8. The molecule has 0 fully saturated rings. The number of anilines is 1. The number of carbonyl (C=O) groups is 1. The minimum absolute atomic E-state index is 0.0288. The van der Waals surface area contributed by atoms with E-state index in [0.29, 0.717) is 18.9 Å². The molecular formula is C23H25N3O6S. The Morgan fingerprint density at radius 3 is 2.55 bits per heavy atom. The number of hydrogen-bond donors (Lipinski definition) is 1. The second-order valence-corrected chi connectivity index (χ2v) is 9.33. The maximum absolute atomic E-state index is 12.2. The maximum Gasteiger partial charge on any atom is 0.271 e. The number of benzene rings is 3. The molecule has 0 atom stereocenters. The van der Waals surface area contributed by atoms with Crippen LogP contribution in [0.5, 0.6) is 5.75 Å². The number of amides is 1. The lowest BCUT2D eigenvalue weighted by atomic mass is 10.1. The van der Waals surface area contributed by atoms with E-state index in [-0.39, 0.29) is 36.7 Å². The smallest absolute Gasteiger partial charge is 0.271 e. The van der Waals surface area contributed by atoms with Gasteiger partial charge in [0.1, 0.15) is 12.4 Å². The fourth-order valence-corrected chi connectivity index (χ4v) is 4.29. The Labute approximate surface area is 192 Å². The number of nitro groups is 1. The number of rotatable bonds is 11. The van der Waals surface area contributed by atoms with Crippen molar-refractivity contribution < 1.29 is 22.9 Å². The molecule has 0 radical (unpaired) electrons. The lowest BCUT2D eigenvalue weighted by Gasteiger charge is -2.22. The number of ether oxygens (including phenoxy) is 1. The van der Waals surface area contributed by atoms with Crippen molar-refractivity contribution >= 4 is 38.1 Å². The quantitative estimate of drug-likeness (QED) is 0.260. The molecule has 0 spiro atoms. The number of nitrogens with one attached hydrogen (secondary N) is 1. The third-order valence-corrected chi connectivity index (χ3v) is 6.10. The van der Waals surface area contributed by atoms with Gasteiger partial charge in [-0.2, -0.15) is 0 Å². The molecule has 0 saturated carbocycles. The van der Waals surface area contributed by atoms with Gasteiger partial charge in [-0.1, -0.05) is 36.4 Å². The molecule has 9 nitrogen and oxygen atoms in total. The molecule has 1 N–H and O–H groups in total. The zero-order valence-corrected chi connectivity index (χ0v) is 19.0. The van der Waals surface area contributed by atoms with E-state index < -0.39 is 14.9 Å². The molecule has 10 heteroatoms. The van der Waals surface area contributed by atoms with Crippen LogP contribution in [0, 0.1) is 10.1 Å². The van der Waals surface area contributed by atoms with Gasteiger partial charge in [0.25, 0.3) is 5.69 Å². The summed E-state index contributed by atoms with van der Waals surface area (Å²) in [4.78, 5) is 22.5. The highest BCUT2D eigenvalue weighted by Gasteiger charge is 2.19. The van der Waals surface area contributed by atoms with E-state index in [0.717, 1.165) is 21.3 Å². The largest absolute Gasteiger partial charge is 0.492 e. The number of sulfonamides is 1.